The molecule has 30 heavy (non-hydrogen) atoms. The first-order valence-electron chi connectivity index (χ1n) is 9.94. The van der Waals surface area contributed by atoms with Crippen molar-refractivity contribution in [2.75, 3.05) is 13.1 Å². The van der Waals surface area contributed by atoms with Gasteiger partial charge in [-0.05, 0) is 37.4 Å². The smallest absolute Gasteiger partial charge is 0.416 e. The molecule has 3 rings (SSSR count). The summed E-state index contributed by atoms with van der Waals surface area (Å²) in [6.07, 6.45) is 2.50. The maximum atomic E-state index is 13.2. The summed E-state index contributed by atoms with van der Waals surface area (Å²) in [7, 11) is 0. The molecule has 1 saturated heterocycles. The molecule has 0 aromatic heterocycles. The van der Waals surface area contributed by atoms with Crippen molar-refractivity contribution in [2.24, 2.45) is 0 Å². The molecule has 0 unspecified atom stereocenters. The van der Waals surface area contributed by atoms with E-state index in [1.54, 1.807) is 12.1 Å². The lowest BCUT2D eigenvalue weighted by Crippen LogP contribution is -2.43. The Hall–Kier alpha value is -2.39. The van der Waals surface area contributed by atoms with Gasteiger partial charge in [0, 0.05) is 37.3 Å². The van der Waals surface area contributed by atoms with Crippen LogP contribution in [0, 0.1) is 0 Å². The van der Waals surface area contributed by atoms with E-state index < -0.39 is 23.7 Å². The summed E-state index contributed by atoms with van der Waals surface area (Å²) in [6, 6.07) is 6.83. The van der Waals surface area contributed by atoms with E-state index in [2.05, 4.69) is 10.2 Å². The number of hydrogen-bond donors (Lipinski definition) is 3. The third kappa shape index (κ3) is 7.46. The van der Waals surface area contributed by atoms with E-state index in [0.717, 1.165) is 32.4 Å². The molecule has 2 fully saturated rings. The minimum atomic E-state index is -4.27. The average molecular weight is 428 g/mol. The summed E-state index contributed by atoms with van der Waals surface area (Å²) >= 11 is 0. The van der Waals surface area contributed by atoms with Crippen LogP contribution < -0.4 is 5.32 Å². The number of nitrogens with zero attached hydrogens (tertiary/aromatic N) is 1. The monoisotopic (exact) mass is 428 g/mol. The second kappa shape index (κ2) is 11.1. The van der Waals surface area contributed by atoms with Crippen molar-refractivity contribution in [3.05, 3.63) is 47.5 Å². The minimum Gasteiger partial charge on any atom is -0.478 e. The molecule has 1 heterocycles. The molecule has 1 aliphatic heterocycles. The van der Waals surface area contributed by atoms with Crippen LogP contribution in [0.3, 0.4) is 0 Å². The Labute approximate surface area is 173 Å². The van der Waals surface area contributed by atoms with Gasteiger partial charge in [0.1, 0.15) is 0 Å². The summed E-state index contributed by atoms with van der Waals surface area (Å²) < 4.78 is 39.7. The summed E-state index contributed by atoms with van der Waals surface area (Å²) in [5.41, 5.74) is -0.0715. The van der Waals surface area contributed by atoms with Crippen LogP contribution in [0.5, 0.6) is 0 Å². The number of hydrogen-bond acceptors (Lipinski definition) is 4. The van der Waals surface area contributed by atoms with Gasteiger partial charge in [-0.1, -0.05) is 31.0 Å². The van der Waals surface area contributed by atoms with E-state index in [0.29, 0.717) is 36.3 Å². The van der Waals surface area contributed by atoms with Crippen LogP contribution in [-0.2, 0) is 22.3 Å². The zero-order valence-electron chi connectivity index (χ0n) is 16.6. The summed E-state index contributed by atoms with van der Waals surface area (Å²) in [6.45, 7) is 2.27. The summed E-state index contributed by atoms with van der Waals surface area (Å²) in [5.74, 6) is -2.51. The quantitative estimate of drug-likeness (QED) is 0.601. The number of alkyl halides is 3. The Kier molecular flexibility index (Phi) is 8.86. The van der Waals surface area contributed by atoms with E-state index in [4.69, 9.17) is 10.2 Å². The Balaban J connectivity index is 0.000000343. The largest absolute Gasteiger partial charge is 0.478 e. The molecule has 0 radical (unpaired) electrons. The predicted molar refractivity (Wildman–Crippen MR) is 105 cm³/mol. The van der Waals surface area contributed by atoms with E-state index >= 15 is 0 Å². The summed E-state index contributed by atoms with van der Waals surface area (Å²) in [5, 5.41) is 19.0. The average Bonchev–Trinajstić information content (AvgIpc) is 3.39. The van der Waals surface area contributed by atoms with E-state index in [9.17, 15) is 22.8 Å². The molecule has 166 valence electrons. The van der Waals surface area contributed by atoms with Crippen LogP contribution in [0.15, 0.2) is 36.4 Å². The van der Waals surface area contributed by atoms with E-state index in [1.165, 1.54) is 25.0 Å². The van der Waals surface area contributed by atoms with Gasteiger partial charge in [-0.2, -0.15) is 13.2 Å². The number of benzene rings is 1. The van der Waals surface area contributed by atoms with Gasteiger partial charge in [-0.3, -0.25) is 4.90 Å². The van der Waals surface area contributed by atoms with Crippen LogP contribution in [0.25, 0.3) is 0 Å². The SMILES string of the molecule is FC(F)(F)c1ccccc1CN(C1CCCC1)[C@H]1CCNC1.O=C(O)C=CC(=O)O. The van der Waals surface area contributed by atoms with Gasteiger partial charge in [0.2, 0.25) is 0 Å². The lowest BCUT2D eigenvalue weighted by molar-refractivity contribution is -0.138. The molecule has 3 N–H and O–H groups in total. The number of carboxylic acid groups (broad SMARTS) is 2. The zero-order chi connectivity index (χ0) is 22.1. The zero-order valence-corrected chi connectivity index (χ0v) is 16.6. The van der Waals surface area contributed by atoms with Crippen molar-refractivity contribution in [3.8, 4) is 0 Å². The number of carboxylic acids is 2. The van der Waals surface area contributed by atoms with Gasteiger partial charge in [-0.15, -0.1) is 0 Å². The van der Waals surface area contributed by atoms with Crippen molar-refractivity contribution in [2.45, 2.75) is 56.9 Å². The molecular weight excluding hydrogens is 401 g/mol. The Morgan fingerprint density at radius 2 is 1.63 bits per heavy atom. The highest BCUT2D eigenvalue weighted by atomic mass is 19.4. The van der Waals surface area contributed by atoms with Crippen molar-refractivity contribution in [3.63, 3.8) is 0 Å². The highest BCUT2D eigenvalue weighted by molar-refractivity contribution is 5.89. The van der Waals surface area contributed by atoms with Crippen molar-refractivity contribution >= 4 is 11.9 Å². The Bertz CT molecular complexity index is 708. The normalized spacial score (nSPS) is 19.8. The van der Waals surface area contributed by atoms with Crippen LogP contribution in [0.2, 0.25) is 0 Å². The first kappa shape index (κ1) is 23.9. The fourth-order valence-electron chi connectivity index (χ4n) is 3.99. The van der Waals surface area contributed by atoms with Crippen LogP contribution >= 0.6 is 0 Å². The van der Waals surface area contributed by atoms with Gasteiger partial charge in [0.05, 0.1) is 5.56 Å². The molecule has 9 heteroatoms. The predicted octanol–water partition coefficient (Wildman–Crippen LogP) is 3.52. The molecule has 0 spiro atoms. The topological polar surface area (TPSA) is 89.9 Å². The third-order valence-corrected chi connectivity index (χ3v) is 5.34. The van der Waals surface area contributed by atoms with Crippen molar-refractivity contribution in [1.29, 1.82) is 0 Å². The molecule has 2 aliphatic rings. The van der Waals surface area contributed by atoms with Crippen LogP contribution in [0.1, 0.15) is 43.2 Å². The Morgan fingerprint density at radius 3 is 2.13 bits per heavy atom. The molecule has 1 saturated carbocycles. The van der Waals surface area contributed by atoms with Gasteiger partial charge >= 0.3 is 18.1 Å². The fraction of sp³-hybridized carbons (Fsp3) is 0.524. The van der Waals surface area contributed by atoms with Gasteiger partial charge in [0.25, 0.3) is 0 Å². The number of carbonyl (C=O) groups is 2. The Morgan fingerprint density at radius 1 is 1.03 bits per heavy atom. The van der Waals surface area contributed by atoms with Gasteiger partial charge in [0.15, 0.2) is 0 Å². The molecule has 1 aromatic carbocycles. The number of halogens is 3. The van der Waals surface area contributed by atoms with E-state index in [-0.39, 0.29) is 0 Å². The van der Waals surface area contributed by atoms with Crippen LogP contribution in [0.4, 0.5) is 13.2 Å². The van der Waals surface area contributed by atoms with Crippen molar-refractivity contribution < 1.29 is 33.0 Å². The van der Waals surface area contributed by atoms with E-state index in [1.807, 2.05) is 0 Å². The molecule has 1 aromatic rings. The first-order valence-corrected chi connectivity index (χ1v) is 9.94. The van der Waals surface area contributed by atoms with Crippen molar-refractivity contribution in [1.82, 2.24) is 10.2 Å². The third-order valence-electron chi connectivity index (χ3n) is 5.34. The highest BCUT2D eigenvalue weighted by Crippen LogP contribution is 2.34. The summed E-state index contributed by atoms with van der Waals surface area (Å²) in [4.78, 5) is 21.4. The van der Waals surface area contributed by atoms with Gasteiger partial charge in [-0.25, -0.2) is 9.59 Å². The molecule has 6 nitrogen and oxygen atoms in total. The number of rotatable bonds is 6. The maximum absolute atomic E-state index is 13.2. The number of nitrogens with one attached hydrogen (secondary N) is 1. The highest BCUT2D eigenvalue weighted by Gasteiger charge is 2.36. The minimum absolute atomic E-state index is 0.365. The fourth-order valence-corrected chi connectivity index (χ4v) is 3.99. The first-order chi connectivity index (χ1) is 14.2. The second-order valence-corrected chi connectivity index (χ2v) is 7.42. The molecule has 0 amide bonds. The molecule has 1 atom stereocenters. The number of aliphatic carboxylic acids is 2. The second-order valence-electron chi connectivity index (χ2n) is 7.42. The lowest BCUT2D eigenvalue weighted by Gasteiger charge is -2.34. The molecular formula is C21H27F3N2O4. The standard InChI is InChI=1S/C17H23F3N2.C4H4O4/c18-17(19,20)16-8-4-1-5-13(16)12-22(14-6-2-3-7-14)15-9-10-21-11-15;5-3(6)1-2-4(7)8/h1,4-5,8,14-15,21H,2-3,6-7,9-12H2;1-2H,(H,5,6)(H,7,8)/t15-;/m0./s1. The van der Waals surface area contributed by atoms with Gasteiger partial charge < -0.3 is 15.5 Å². The van der Waals surface area contributed by atoms with Crippen LogP contribution in [-0.4, -0.2) is 52.2 Å². The maximum Gasteiger partial charge on any atom is 0.416 e. The molecule has 0 bridgehead atoms. The molecule has 1 aliphatic carbocycles. The lowest BCUT2D eigenvalue weighted by atomic mass is 10.0.